The van der Waals surface area contributed by atoms with E-state index in [2.05, 4.69) is 4.98 Å². The summed E-state index contributed by atoms with van der Waals surface area (Å²) in [6, 6.07) is 6.34. The number of hydrogen-bond donors (Lipinski definition) is 0. The maximum absolute atomic E-state index is 13.0. The van der Waals surface area contributed by atoms with Crippen molar-refractivity contribution in [2.75, 3.05) is 0 Å². The van der Waals surface area contributed by atoms with Gasteiger partial charge in [0.15, 0.2) is 0 Å². The monoisotopic (exact) mass is 265 g/mol. The molecule has 0 aliphatic heterocycles. The van der Waals surface area contributed by atoms with E-state index in [9.17, 15) is 4.39 Å². The summed E-state index contributed by atoms with van der Waals surface area (Å²) in [5.74, 6) is 0.516. The minimum Gasteiger partial charge on any atom is -0.489 e. The Hall–Kier alpha value is -1.61. The van der Waals surface area contributed by atoms with Crippen LogP contribution in [0.15, 0.2) is 36.7 Å². The molecule has 0 fully saturated rings. The number of ether oxygens (including phenoxy) is 1. The number of pyridine rings is 1. The van der Waals surface area contributed by atoms with Crippen molar-refractivity contribution in [3.63, 3.8) is 0 Å². The van der Waals surface area contributed by atoms with E-state index in [1.807, 2.05) is 13.0 Å². The number of aryl methyl sites for hydroxylation is 1. The van der Waals surface area contributed by atoms with E-state index in [1.165, 1.54) is 12.1 Å². The SMILES string of the molecule is Cc1cncc(COc2ccc(F)cc2CCl)c1. The summed E-state index contributed by atoms with van der Waals surface area (Å²) in [4.78, 5) is 4.09. The van der Waals surface area contributed by atoms with Crippen molar-refractivity contribution < 1.29 is 9.13 Å². The third kappa shape index (κ3) is 3.20. The van der Waals surface area contributed by atoms with Gasteiger partial charge in [-0.25, -0.2) is 4.39 Å². The Morgan fingerprint density at radius 1 is 1.28 bits per heavy atom. The van der Waals surface area contributed by atoms with Crippen molar-refractivity contribution in [3.8, 4) is 5.75 Å². The minimum atomic E-state index is -0.310. The number of benzene rings is 1. The van der Waals surface area contributed by atoms with Gasteiger partial charge in [0, 0.05) is 23.5 Å². The topological polar surface area (TPSA) is 22.1 Å². The number of halogens is 2. The predicted octanol–water partition coefficient (Wildman–Crippen LogP) is 3.85. The molecule has 0 unspecified atom stereocenters. The first kappa shape index (κ1) is 12.8. The molecule has 1 heterocycles. The highest BCUT2D eigenvalue weighted by Crippen LogP contribution is 2.22. The Morgan fingerprint density at radius 3 is 2.83 bits per heavy atom. The van der Waals surface area contributed by atoms with Crippen LogP contribution in [0, 0.1) is 12.7 Å². The lowest BCUT2D eigenvalue weighted by molar-refractivity contribution is 0.302. The number of alkyl halides is 1. The van der Waals surface area contributed by atoms with Crippen LogP contribution in [0.25, 0.3) is 0 Å². The Bertz CT molecular complexity index is 545. The van der Waals surface area contributed by atoms with Crippen LogP contribution in [0.4, 0.5) is 4.39 Å². The van der Waals surface area contributed by atoms with Gasteiger partial charge in [0.05, 0.1) is 5.88 Å². The molecule has 94 valence electrons. The second-order valence-corrected chi connectivity index (χ2v) is 4.31. The van der Waals surface area contributed by atoms with Crippen molar-refractivity contribution in [2.45, 2.75) is 19.4 Å². The van der Waals surface area contributed by atoms with Gasteiger partial charge >= 0.3 is 0 Å². The average Bonchev–Trinajstić information content (AvgIpc) is 2.37. The Kier molecular flexibility index (Phi) is 4.15. The van der Waals surface area contributed by atoms with E-state index in [-0.39, 0.29) is 11.7 Å². The molecule has 18 heavy (non-hydrogen) atoms. The first-order chi connectivity index (χ1) is 8.69. The summed E-state index contributed by atoms with van der Waals surface area (Å²) >= 11 is 5.75. The van der Waals surface area contributed by atoms with E-state index in [4.69, 9.17) is 16.3 Å². The van der Waals surface area contributed by atoms with Gasteiger partial charge in [-0.1, -0.05) is 0 Å². The molecule has 1 aromatic carbocycles. The average molecular weight is 266 g/mol. The fourth-order valence-corrected chi connectivity index (χ4v) is 1.86. The lowest BCUT2D eigenvalue weighted by Crippen LogP contribution is -1.99. The lowest BCUT2D eigenvalue weighted by Gasteiger charge is -2.10. The van der Waals surface area contributed by atoms with Gasteiger partial charge in [0.1, 0.15) is 18.2 Å². The van der Waals surface area contributed by atoms with E-state index < -0.39 is 0 Å². The highest BCUT2D eigenvalue weighted by atomic mass is 35.5. The third-order valence-electron chi connectivity index (χ3n) is 2.49. The van der Waals surface area contributed by atoms with E-state index in [0.717, 1.165) is 11.1 Å². The van der Waals surface area contributed by atoms with Gasteiger partial charge in [0.2, 0.25) is 0 Å². The van der Waals surface area contributed by atoms with Gasteiger partial charge in [-0.15, -0.1) is 11.6 Å². The van der Waals surface area contributed by atoms with Crippen molar-refractivity contribution >= 4 is 11.6 Å². The molecule has 0 spiro atoms. The summed E-state index contributed by atoms with van der Waals surface area (Å²) in [7, 11) is 0. The zero-order valence-electron chi connectivity index (χ0n) is 9.99. The molecule has 2 rings (SSSR count). The summed E-state index contributed by atoms with van der Waals surface area (Å²) < 4.78 is 18.7. The van der Waals surface area contributed by atoms with Crippen LogP contribution >= 0.6 is 11.6 Å². The molecule has 2 nitrogen and oxygen atoms in total. The molecular formula is C14H13ClFNO. The van der Waals surface area contributed by atoms with E-state index in [1.54, 1.807) is 18.5 Å². The third-order valence-corrected chi connectivity index (χ3v) is 2.78. The highest BCUT2D eigenvalue weighted by Gasteiger charge is 2.05. The van der Waals surface area contributed by atoms with Gasteiger partial charge in [-0.05, 0) is 36.8 Å². The Morgan fingerprint density at radius 2 is 2.11 bits per heavy atom. The van der Waals surface area contributed by atoms with E-state index >= 15 is 0 Å². The minimum absolute atomic E-state index is 0.221. The van der Waals surface area contributed by atoms with Crippen LogP contribution in [0.3, 0.4) is 0 Å². The van der Waals surface area contributed by atoms with Gasteiger partial charge in [-0.3, -0.25) is 4.98 Å². The molecule has 4 heteroatoms. The maximum Gasteiger partial charge on any atom is 0.124 e. The van der Waals surface area contributed by atoms with Crippen molar-refractivity contribution in [2.24, 2.45) is 0 Å². The standard InChI is InChI=1S/C14H13ClFNO/c1-10-4-11(8-17-7-10)9-18-14-3-2-13(16)5-12(14)6-15/h2-5,7-8H,6,9H2,1H3. The molecule has 0 radical (unpaired) electrons. The molecule has 1 aromatic heterocycles. The zero-order valence-corrected chi connectivity index (χ0v) is 10.7. The molecule has 0 amide bonds. The Labute approximate surface area is 110 Å². The van der Waals surface area contributed by atoms with Crippen LogP contribution in [-0.2, 0) is 12.5 Å². The van der Waals surface area contributed by atoms with Crippen LogP contribution in [0.1, 0.15) is 16.7 Å². The number of rotatable bonds is 4. The number of aromatic nitrogens is 1. The van der Waals surface area contributed by atoms with Crippen LogP contribution < -0.4 is 4.74 Å². The van der Waals surface area contributed by atoms with Crippen molar-refractivity contribution in [3.05, 3.63) is 59.2 Å². The number of hydrogen-bond acceptors (Lipinski definition) is 2. The normalized spacial score (nSPS) is 10.4. The summed E-state index contributed by atoms with van der Waals surface area (Å²) in [6.45, 7) is 2.36. The molecule has 2 aromatic rings. The summed E-state index contributed by atoms with van der Waals surface area (Å²) in [6.07, 6.45) is 3.53. The highest BCUT2D eigenvalue weighted by molar-refractivity contribution is 6.17. The van der Waals surface area contributed by atoms with E-state index in [0.29, 0.717) is 17.9 Å². The Balaban J connectivity index is 2.10. The van der Waals surface area contributed by atoms with Crippen LogP contribution in [0.5, 0.6) is 5.75 Å². The molecule has 0 aliphatic rings. The zero-order chi connectivity index (χ0) is 13.0. The molecule has 0 bridgehead atoms. The second-order valence-electron chi connectivity index (χ2n) is 4.04. The van der Waals surface area contributed by atoms with Crippen LogP contribution in [-0.4, -0.2) is 4.98 Å². The van der Waals surface area contributed by atoms with Crippen molar-refractivity contribution in [1.82, 2.24) is 4.98 Å². The fraction of sp³-hybridized carbons (Fsp3) is 0.214. The molecule has 0 atom stereocenters. The molecular weight excluding hydrogens is 253 g/mol. The summed E-state index contributed by atoms with van der Waals surface area (Å²) in [5, 5.41) is 0. The molecule has 0 saturated carbocycles. The van der Waals surface area contributed by atoms with Gasteiger partial charge < -0.3 is 4.74 Å². The van der Waals surface area contributed by atoms with Gasteiger partial charge in [-0.2, -0.15) is 0 Å². The van der Waals surface area contributed by atoms with Crippen LogP contribution in [0.2, 0.25) is 0 Å². The fourth-order valence-electron chi connectivity index (χ4n) is 1.65. The summed E-state index contributed by atoms with van der Waals surface area (Å²) in [5.41, 5.74) is 2.70. The smallest absolute Gasteiger partial charge is 0.124 e. The first-order valence-electron chi connectivity index (χ1n) is 5.57. The first-order valence-corrected chi connectivity index (χ1v) is 6.10. The number of nitrogens with zero attached hydrogens (tertiary/aromatic N) is 1. The molecule has 0 aliphatic carbocycles. The van der Waals surface area contributed by atoms with Crippen molar-refractivity contribution in [1.29, 1.82) is 0 Å². The molecule has 0 N–H and O–H groups in total. The second kappa shape index (κ2) is 5.83. The van der Waals surface area contributed by atoms with Gasteiger partial charge in [0.25, 0.3) is 0 Å². The quantitative estimate of drug-likeness (QED) is 0.784. The lowest BCUT2D eigenvalue weighted by atomic mass is 10.2. The molecule has 0 saturated heterocycles. The predicted molar refractivity (Wildman–Crippen MR) is 69.3 cm³/mol. The largest absolute Gasteiger partial charge is 0.489 e. The maximum atomic E-state index is 13.0.